The average Bonchev–Trinajstić information content (AvgIpc) is 2.24. The lowest BCUT2D eigenvalue weighted by Gasteiger charge is -2.45. The third-order valence-electron chi connectivity index (χ3n) is 3.57. The average molecular weight is 333 g/mol. The maximum absolute atomic E-state index is 6.50. The van der Waals surface area contributed by atoms with Crippen LogP contribution in [0.1, 0.15) is 82.6 Å². The molecule has 0 N–H and O–H groups in total. The Bertz CT molecular complexity index is 262. The van der Waals surface area contributed by atoms with E-state index in [0.717, 1.165) is 13.0 Å². The number of hydrogen-bond acceptors (Lipinski definition) is 3. The third-order valence-corrected chi connectivity index (χ3v) is 6.62. The van der Waals surface area contributed by atoms with Crippen molar-refractivity contribution in [2.45, 2.75) is 107 Å². The van der Waals surface area contributed by atoms with Crippen LogP contribution in [0, 0.1) is 5.41 Å². The van der Waals surface area contributed by atoms with Gasteiger partial charge in [-0.3, -0.25) is 0 Å². The van der Waals surface area contributed by atoms with Crippen LogP contribution in [-0.2, 0) is 4.52 Å². The predicted molar refractivity (Wildman–Crippen MR) is 101 cm³/mol. The molecule has 0 aromatic heterocycles. The molecule has 0 heterocycles. The normalized spacial score (nSPS) is 13.9. The predicted octanol–water partition coefficient (Wildman–Crippen LogP) is 5.90. The summed E-state index contributed by atoms with van der Waals surface area (Å²) >= 11 is 0. The van der Waals surface area contributed by atoms with Crippen LogP contribution >= 0.6 is 8.45 Å². The van der Waals surface area contributed by atoms with E-state index in [-0.39, 0.29) is 0 Å². The lowest BCUT2D eigenvalue weighted by molar-refractivity contribution is 0.171. The molecule has 22 heavy (non-hydrogen) atoms. The Hall–Kier alpha value is 0.310. The van der Waals surface area contributed by atoms with E-state index in [9.17, 15) is 0 Å². The molecular formula is C18H41N2OP. The topological polar surface area (TPSA) is 15.7 Å². The fourth-order valence-corrected chi connectivity index (χ4v) is 5.01. The molecule has 4 heteroatoms. The van der Waals surface area contributed by atoms with Gasteiger partial charge >= 0.3 is 0 Å². The van der Waals surface area contributed by atoms with Crippen molar-refractivity contribution in [2.24, 2.45) is 5.41 Å². The maximum atomic E-state index is 6.50. The van der Waals surface area contributed by atoms with E-state index < -0.39 is 8.45 Å². The van der Waals surface area contributed by atoms with Gasteiger partial charge in [0.05, 0.1) is 6.61 Å². The molecule has 0 aliphatic carbocycles. The zero-order valence-electron chi connectivity index (χ0n) is 17.0. The van der Waals surface area contributed by atoms with Crippen molar-refractivity contribution in [1.82, 2.24) is 9.34 Å². The summed E-state index contributed by atoms with van der Waals surface area (Å²) in [4.78, 5) is 0. The fraction of sp³-hybridized carbons (Fsp3) is 1.00. The second-order valence-electron chi connectivity index (χ2n) is 8.53. The van der Waals surface area contributed by atoms with E-state index in [0.29, 0.717) is 29.6 Å². The maximum Gasteiger partial charge on any atom is 0.188 e. The van der Waals surface area contributed by atoms with Crippen molar-refractivity contribution in [3.63, 3.8) is 0 Å². The van der Waals surface area contributed by atoms with Crippen molar-refractivity contribution in [3.05, 3.63) is 0 Å². The minimum Gasteiger partial charge on any atom is -0.331 e. The second kappa shape index (κ2) is 9.57. The molecule has 0 aliphatic heterocycles. The van der Waals surface area contributed by atoms with Gasteiger partial charge in [-0.2, -0.15) is 0 Å². The molecule has 0 fully saturated rings. The first-order valence-electron chi connectivity index (χ1n) is 8.88. The minimum absolute atomic E-state index is 0.321. The van der Waals surface area contributed by atoms with E-state index in [1.165, 1.54) is 0 Å². The summed E-state index contributed by atoms with van der Waals surface area (Å²) in [6.07, 6.45) is 1.10. The van der Waals surface area contributed by atoms with Gasteiger partial charge in [0.15, 0.2) is 8.45 Å². The Morgan fingerprint density at radius 1 is 0.727 bits per heavy atom. The Kier molecular flexibility index (Phi) is 9.70. The summed E-state index contributed by atoms with van der Waals surface area (Å²) in [5.41, 5.74) is 0.321. The quantitative estimate of drug-likeness (QED) is 0.489. The monoisotopic (exact) mass is 332 g/mol. The van der Waals surface area contributed by atoms with Gasteiger partial charge in [-0.05, 0) is 67.2 Å². The zero-order valence-corrected chi connectivity index (χ0v) is 17.9. The van der Waals surface area contributed by atoms with E-state index in [1.807, 2.05) is 0 Å². The standard InChI is InChI=1S/C18H41N2OP/c1-14(2)19(15(3)4)22(20(16(5)6)17(7)8)21-13-12-18(9,10)11/h14-17H,12-13H2,1-11H3. The molecule has 0 aromatic carbocycles. The Balaban J connectivity index is 5.27. The Morgan fingerprint density at radius 2 is 1.05 bits per heavy atom. The van der Waals surface area contributed by atoms with Crippen LogP contribution < -0.4 is 0 Å². The van der Waals surface area contributed by atoms with Crippen LogP contribution in [-0.4, -0.2) is 40.1 Å². The van der Waals surface area contributed by atoms with Gasteiger partial charge in [-0.15, -0.1) is 0 Å². The molecule has 0 aromatic rings. The summed E-state index contributed by atoms with van der Waals surface area (Å²) < 4.78 is 11.6. The third kappa shape index (κ3) is 7.73. The van der Waals surface area contributed by atoms with Gasteiger partial charge in [-0.1, -0.05) is 20.8 Å². The van der Waals surface area contributed by atoms with Crippen LogP contribution in [0.25, 0.3) is 0 Å². The van der Waals surface area contributed by atoms with Crippen molar-refractivity contribution >= 4 is 8.45 Å². The first-order valence-corrected chi connectivity index (χ1v) is 10.0. The lowest BCUT2D eigenvalue weighted by atomic mass is 9.93. The Labute approximate surface area is 141 Å². The highest BCUT2D eigenvalue weighted by molar-refractivity contribution is 7.47. The zero-order chi connectivity index (χ0) is 17.7. The van der Waals surface area contributed by atoms with Gasteiger partial charge < -0.3 is 4.52 Å². The van der Waals surface area contributed by atoms with Gasteiger partial charge in [0.25, 0.3) is 0 Å². The van der Waals surface area contributed by atoms with Crippen LogP contribution in [0.15, 0.2) is 0 Å². The van der Waals surface area contributed by atoms with Crippen LogP contribution in [0.5, 0.6) is 0 Å². The summed E-state index contributed by atoms with van der Waals surface area (Å²) in [7, 11) is -0.732. The van der Waals surface area contributed by atoms with Crippen molar-refractivity contribution in [1.29, 1.82) is 0 Å². The van der Waals surface area contributed by atoms with Crippen LogP contribution in [0.4, 0.5) is 0 Å². The highest BCUT2D eigenvalue weighted by atomic mass is 31.2. The first kappa shape index (κ1) is 22.3. The van der Waals surface area contributed by atoms with Crippen molar-refractivity contribution < 1.29 is 4.52 Å². The molecule has 0 amide bonds. The lowest BCUT2D eigenvalue weighted by Crippen LogP contribution is -2.43. The molecule has 0 rings (SSSR count). The van der Waals surface area contributed by atoms with E-state index in [4.69, 9.17) is 4.52 Å². The Morgan fingerprint density at radius 3 is 1.27 bits per heavy atom. The van der Waals surface area contributed by atoms with Crippen LogP contribution in [0.2, 0.25) is 0 Å². The van der Waals surface area contributed by atoms with E-state index in [2.05, 4.69) is 85.5 Å². The first-order chi connectivity index (χ1) is 9.88. The molecule has 0 aliphatic rings. The highest BCUT2D eigenvalue weighted by Crippen LogP contribution is 2.51. The van der Waals surface area contributed by atoms with Crippen LogP contribution in [0.3, 0.4) is 0 Å². The summed E-state index contributed by atoms with van der Waals surface area (Å²) in [6, 6.07) is 1.95. The molecule has 0 spiro atoms. The smallest absolute Gasteiger partial charge is 0.188 e. The molecule has 3 nitrogen and oxygen atoms in total. The van der Waals surface area contributed by atoms with Gasteiger partial charge in [0.2, 0.25) is 0 Å². The SMILES string of the molecule is CC(C)N(C(C)C)P(OCCC(C)(C)C)N(C(C)C)C(C)C. The molecule has 134 valence electrons. The number of rotatable bonds is 9. The second-order valence-corrected chi connectivity index (χ2v) is 10.2. The molecule has 0 radical (unpaired) electrons. The van der Waals surface area contributed by atoms with E-state index in [1.54, 1.807) is 0 Å². The highest BCUT2D eigenvalue weighted by Gasteiger charge is 2.34. The minimum atomic E-state index is -0.732. The van der Waals surface area contributed by atoms with Gasteiger partial charge in [0, 0.05) is 24.2 Å². The largest absolute Gasteiger partial charge is 0.331 e. The van der Waals surface area contributed by atoms with Crippen molar-refractivity contribution in [3.8, 4) is 0 Å². The summed E-state index contributed by atoms with van der Waals surface area (Å²) in [5, 5.41) is 0. The summed E-state index contributed by atoms with van der Waals surface area (Å²) in [6.45, 7) is 25.9. The van der Waals surface area contributed by atoms with E-state index >= 15 is 0 Å². The fourth-order valence-electron chi connectivity index (χ4n) is 2.67. The molecule has 0 atom stereocenters. The molecule has 0 bridgehead atoms. The summed E-state index contributed by atoms with van der Waals surface area (Å²) in [5.74, 6) is 0. The van der Waals surface area contributed by atoms with Gasteiger partial charge in [0.1, 0.15) is 0 Å². The number of nitrogens with zero attached hydrogens (tertiary/aromatic N) is 2. The molecule has 0 saturated heterocycles. The molecule has 0 unspecified atom stereocenters. The van der Waals surface area contributed by atoms with Crippen molar-refractivity contribution in [2.75, 3.05) is 6.61 Å². The molecular weight excluding hydrogens is 291 g/mol. The number of hydrogen-bond donors (Lipinski definition) is 0. The molecule has 0 saturated carbocycles. The van der Waals surface area contributed by atoms with Gasteiger partial charge in [-0.25, -0.2) is 9.34 Å².